The highest BCUT2D eigenvalue weighted by Crippen LogP contribution is 2.42. The molecule has 3 N–H and O–H groups in total. The first-order valence-corrected chi connectivity index (χ1v) is 9.90. The van der Waals surface area contributed by atoms with Gasteiger partial charge in [-0.2, -0.15) is 0 Å². The molecular weight excluding hydrogens is 366 g/mol. The number of aryl methyl sites for hydroxylation is 1. The van der Waals surface area contributed by atoms with Crippen molar-refractivity contribution in [2.45, 2.75) is 44.2 Å². The third-order valence-corrected chi connectivity index (χ3v) is 5.63. The van der Waals surface area contributed by atoms with Crippen molar-refractivity contribution in [2.75, 3.05) is 0 Å². The molecule has 7 heteroatoms. The summed E-state index contributed by atoms with van der Waals surface area (Å²) in [6.07, 6.45) is 0.630. The van der Waals surface area contributed by atoms with Crippen LogP contribution in [-0.4, -0.2) is 24.9 Å². The lowest BCUT2D eigenvalue weighted by molar-refractivity contribution is -0.147. The quantitative estimate of drug-likeness (QED) is 0.659. The summed E-state index contributed by atoms with van der Waals surface area (Å²) in [5.74, 6) is -1.44. The predicted octanol–water partition coefficient (Wildman–Crippen LogP) is 2.66. The Balaban J connectivity index is 2.06. The van der Waals surface area contributed by atoms with Crippen molar-refractivity contribution in [3.8, 4) is 0 Å². The topological polar surface area (TPSA) is 110 Å². The van der Waals surface area contributed by atoms with Crippen LogP contribution < -0.4 is 4.72 Å². The molecule has 4 atom stereocenters. The molecule has 0 fully saturated rings. The van der Waals surface area contributed by atoms with Crippen LogP contribution in [0.2, 0.25) is 0 Å². The van der Waals surface area contributed by atoms with E-state index in [0.717, 1.165) is 35.1 Å². The first-order valence-electron chi connectivity index (χ1n) is 8.83. The summed E-state index contributed by atoms with van der Waals surface area (Å²) >= 11 is -2.44. The maximum absolute atomic E-state index is 11.4. The van der Waals surface area contributed by atoms with Crippen molar-refractivity contribution in [2.24, 2.45) is 0 Å². The number of aliphatic hydroxyl groups excluding tert-OH is 1. The fourth-order valence-electron chi connectivity index (χ4n) is 3.91. The molecule has 0 saturated carbocycles. The Hall–Kier alpha value is -2.06. The molecular formula is C20H22NO5S-. The third-order valence-electron chi connectivity index (χ3n) is 5.18. The largest absolute Gasteiger partial charge is 0.760 e. The van der Waals surface area contributed by atoms with Crippen molar-refractivity contribution in [1.29, 1.82) is 0 Å². The van der Waals surface area contributed by atoms with Gasteiger partial charge in [-0.25, -0.2) is 9.52 Å². The van der Waals surface area contributed by atoms with Gasteiger partial charge in [0.1, 0.15) is 0 Å². The van der Waals surface area contributed by atoms with Crippen LogP contribution in [0.4, 0.5) is 0 Å². The second kappa shape index (κ2) is 8.31. The highest BCUT2D eigenvalue weighted by molar-refractivity contribution is 7.77. The molecule has 2 aromatic rings. The second-order valence-electron chi connectivity index (χ2n) is 6.90. The minimum absolute atomic E-state index is 0.143. The maximum atomic E-state index is 11.4. The standard InChI is InChI=1S/C20H23NO5S/c1-12-8-10-13(11-9-12)18(21-27(25)26)16-6-2-5-15-14(16)4-3-7-17(15)19(22)20(23)24/h3-4,7-11,16,18-19,21-22H,2,5-6H2,1H3,(H,23,24)(H,25,26)/p-1. The summed E-state index contributed by atoms with van der Waals surface area (Å²) < 4.78 is 25.5. The maximum Gasteiger partial charge on any atom is 0.337 e. The van der Waals surface area contributed by atoms with E-state index in [-0.39, 0.29) is 5.92 Å². The van der Waals surface area contributed by atoms with E-state index in [1.807, 2.05) is 37.3 Å². The highest BCUT2D eigenvalue weighted by Gasteiger charge is 2.32. The average molecular weight is 388 g/mol. The van der Waals surface area contributed by atoms with Crippen LogP contribution in [0.5, 0.6) is 0 Å². The number of aliphatic hydroxyl groups is 1. The molecule has 0 heterocycles. The Kier molecular flexibility index (Phi) is 6.06. The monoisotopic (exact) mass is 388 g/mol. The Bertz CT molecular complexity index is 852. The van der Waals surface area contributed by atoms with Gasteiger partial charge in [0.15, 0.2) is 6.10 Å². The van der Waals surface area contributed by atoms with E-state index >= 15 is 0 Å². The van der Waals surface area contributed by atoms with Gasteiger partial charge in [-0.15, -0.1) is 0 Å². The zero-order valence-corrected chi connectivity index (χ0v) is 15.7. The van der Waals surface area contributed by atoms with Crippen LogP contribution in [0.25, 0.3) is 0 Å². The van der Waals surface area contributed by atoms with Gasteiger partial charge in [-0.1, -0.05) is 48.0 Å². The smallest absolute Gasteiger partial charge is 0.337 e. The predicted molar refractivity (Wildman–Crippen MR) is 101 cm³/mol. The first kappa shape index (κ1) is 19.7. The first-order chi connectivity index (χ1) is 12.9. The molecule has 0 spiro atoms. The van der Waals surface area contributed by atoms with Crippen molar-refractivity contribution in [3.05, 3.63) is 70.3 Å². The molecule has 0 aliphatic heterocycles. The van der Waals surface area contributed by atoms with Crippen molar-refractivity contribution < 1.29 is 23.8 Å². The van der Waals surface area contributed by atoms with E-state index in [9.17, 15) is 23.8 Å². The van der Waals surface area contributed by atoms with Gasteiger partial charge in [0, 0.05) is 17.2 Å². The molecule has 0 amide bonds. The molecule has 3 rings (SSSR count). The lowest BCUT2D eigenvalue weighted by Crippen LogP contribution is -2.31. The molecule has 0 radical (unpaired) electrons. The lowest BCUT2D eigenvalue weighted by Gasteiger charge is -2.35. The Morgan fingerprint density at radius 2 is 1.96 bits per heavy atom. The Morgan fingerprint density at radius 3 is 2.59 bits per heavy atom. The van der Waals surface area contributed by atoms with Gasteiger partial charge >= 0.3 is 5.97 Å². The molecule has 0 saturated heterocycles. The van der Waals surface area contributed by atoms with Crippen molar-refractivity contribution in [3.63, 3.8) is 0 Å². The van der Waals surface area contributed by atoms with Gasteiger partial charge < -0.3 is 14.8 Å². The number of nitrogens with one attached hydrogen (secondary N) is 1. The molecule has 4 unspecified atom stereocenters. The minimum Gasteiger partial charge on any atom is -0.760 e. The van der Waals surface area contributed by atoms with E-state index in [1.165, 1.54) is 0 Å². The van der Waals surface area contributed by atoms with Gasteiger partial charge in [0.25, 0.3) is 0 Å². The summed E-state index contributed by atoms with van der Waals surface area (Å²) in [4.78, 5) is 11.3. The molecule has 1 aliphatic carbocycles. The zero-order valence-electron chi connectivity index (χ0n) is 14.9. The number of benzene rings is 2. The zero-order chi connectivity index (χ0) is 19.6. The van der Waals surface area contributed by atoms with E-state index in [2.05, 4.69) is 4.72 Å². The van der Waals surface area contributed by atoms with Crippen LogP contribution in [0.15, 0.2) is 42.5 Å². The van der Waals surface area contributed by atoms with Crippen LogP contribution in [-0.2, 0) is 22.5 Å². The number of aliphatic carboxylic acids is 1. The molecule has 2 aromatic carbocycles. The fourth-order valence-corrected chi connectivity index (χ4v) is 4.42. The molecule has 6 nitrogen and oxygen atoms in total. The van der Waals surface area contributed by atoms with E-state index in [0.29, 0.717) is 12.0 Å². The van der Waals surface area contributed by atoms with Crippen molar-refractivity contribution >= 4 is 17.2 Å². The van der Waals surface area contributed by atoms with Crippen LogP contribution in [0, 0.1) is 6.92 Å². The van der Waals surface area contributed by atoms with E-state index < -0.39 is 29.4 Å². The Labute approximate surface area is 160 Å². The normalized spacial score (nSPS) is 19.7. The summed E-state index contributed by atoms with van der Waals surface area (Å²) in [5, 5.41) is 19.2. The van der Waals surface area contributed by atoms with Crippen molar-refractivity contribution in [1.82, 2.24) is 4.72 Å². The van der Waals surface area contributed by atoms with Crippen LogP contribution >= 0.6 is 0 Å². The van der Waals surface area contributed by atoms with Gasteiger partial charge in [0.05, 0.1) is 6.04 Å². The van der Waals surface area contributed by atoms with Crippen LogP contribution in [0.3, 0.4) is 0 Å². The fraction of sp³-hybridized carbons (Fsp3) is 0.350. The molecule has 144 valence electrons. The number of carboxylic acids is 1. The molecule has 0 aromatic heterocycles. The summed E-state index contributed by atoms with van der Waals surface area (Å²) in [6.45, 7) is 1.97. The third kappa shape index (κ3) is 4.27. The average Bonchev–Trinajstić information content (AvgIpc) is 2.65. The lowest BCUT2D eigenvalue weighted by atomic mass is 9.75. The molecule has 0 bridgehead atoms. The molecule has 1 aliphatic rings. The summed E-state index contributed by atoms with van der Waals surface area (Å²) in [7, 11) is 0. The number of hydrogen-bond acceptors (Lipinski definition) is 4. The van der Waals surface area contributed by atoms with E-state index in [4.69, 9.17) is 0 Å². The van der Waals surface area contributed by atoms with Gasteiger partial charge in [-0.3, -0.25) is 4.21 Å². The number of rotatable bonds is 6. The summed E-state index contributed by atoms with van der Waals surface area (Å²) in [6, 6.07) is 12.5. The second-order valence-corrected chi connectivity index (χ2v) is 7.60. The SMILES string of the molecule is Cc1ccc(C(NS(=O)[O-])C2CCCc3c(C(O)C(=O)O)cccc32)cc1. The Morgan fingerprint density at radius 1 is 1.26 bits per heavy atom. The van der Waals surface area contributed by atoms with Gasteiger partial charge in [-0.05, 0) is 48.4 Å². The minimum atomic E-state index is -2.44. The number of hydrogen-bond donors (Lipinski definition) is 3. The van der Waals surface area contributed by atoms with Gasteiger partial charge in [0.2, 0.25) is 0 Å². The van der Waals surface area contributed by atoms with E-state index in [1.54, 1.807) is 12.1 Å². The number of carbonyl (C=O) groups is 1. The number of carboxylic acid groups (broad SMARTS) is 1. The van der Waals surface area contributed by atoms with Crippen LogP contribution in [0.1, 0.15) is 58.7 Å². The number of fused-ring (bicyclic) bond motifs is 1. The highest BCUT2D eigenvalue weighted by atomic mass is 32.2. The molecule has 27 heavy (non-hydrogen) atoms. The summed E-state index contributed by atoms with van der Waals surface area (Å²) in [5.41, 5.74) is 4.01.